The zero-order valence-electron chi connectivity index (χ0n) is 14.7. The molecule has 0 spiro atoms. The van der Waals surface area contributed by atoms with Gasteiger partial charge < -0.3 is 4.74 Å². The first-order chi connectivity index (χ1) is 13.0. The second-order valence-corrected chi connectivity index (χ2v) is 8.05. The molecule has 135 valence electrons. The molecule has 0 atom stereocenters. The second kappa shape index (κ2) is 6.51. The Kier molecular flexibility index (Phi) is 4.16. The zero-order valence-corrected chi connectivity index (χ0v) is 15.6. The fourth-order valence-corrected chi connectivity index (χ4v) is 3.52. The molecule has 0 fully saturated rings. The van der Waals surface area contributed by atoms with Crippen LogP contribution in [0.15, 0.2) is 65.7 Å². The van der Waals surface area contributed by atoms with Gasteiger partial charge in [0.05, 0.1) is 17.6 Å². The summed E-state index contributed by atoms with van der Waals surface area (Å²) in [6.45, 7) is 0. The van der Waals surface area contributed by atoms with Gasteiger partial charge in [-0.25, -0.2) is 17.9 Å². The Bertz CT molecular complexity index is 1230. The van der Waals surface area contributed by atoms with Crippen LogP contribution in [0.25, 0.3) is 28.2 Å². The molecule has 2 aromatic heterocycles. The Morgan fingerprint density at radius 3 is 2.56 bits per heavy atom. The van der Waals surface area contributed by atoms with E-state index >= 15 is 0 Å². The molecule has 0 aliphatic heterocycles. The molecule has 4 rings (SSSR count). The van der Waals surface area contributed by atoms with E-state index in [2.05, 4.69) is 16.1 Å². The Morgan fingerprint density at radius 2 is 1.85 bits per heavy atom. The highest BCUT2D eigenvalue weighted by atomic mass is 32.2. The molecule has 7 heteroatoms. The van der Waals surface area contributed by atoms with Crippen LogP contribution in [-0.2, 0) is 9.84 Å². The van der Waals surface area contributed by atoms with Crippen molar-refractivity contribution in [3.63, 3.8) is 0 Å². The summed E-state index contributed by atoms with van der Waals surface area (Å²) >= 11 is 0. The number of nitrogens with zero attached hydrogens (tertiary/aromatic N) is 3. The third kappa shape index (κ3) is 3.17. The van der Waals surface area contributed by atoms with Crippen LogP contribution in [0.5, 0.6) is 5.75 Å². The van der Waals surface area contributed by atoms with E-state index in [0.29, 0.717) is 22.8 Å². The molecule has 6 nitrogen and oxygen atoms in total. The third-order valence-electron chi connectivity index (χ3n) is 4.22. The first-order valence-corrected chi connectivity index (χ1v) is 10.1. The molecule has 2 heterocycles. The summed E-state index contributed by atoms with van der Waals surface area (Å²) in [4.78, 5) is 4.94. The van der Waals surface area contributed by atoms with E-state index in [1.807, 2.05) is 30.5 Å². The van der Waals surface area contributed by atoms with E-state index in [-0.39, 0.29) is 4.90 Å². The van der Waals surface area contributed by atoms with Gasteiger partial charge in [-0.15, -0.1) is 5.10 Å². The van der Waals surface area contributed by atoms with Crippen LogP contribution in [0.4, 0.5) is 0 Å². The van der Waals surface area contributed by atoms with E-state index in [1.54, 1.807) is 42.0 Å². The van der Waals surface area contributed by atoms with Crippen LogP contribution < -0.4 is 4.74 Å². The van der Waals surface area contributed by atoms with E-state index in [9.17, 15) is 8.42 Å². The minimum Gasteiger partial charge on any atom is -0.496 e. The smallest absolute Gasteiger partial charge is 0.186 e. The number of fused-ring (bicyclic) bond motifs is 1. The van der Waals surface area contributed by atoms with Gasteiger partial charge in [-0.3, -0.25) is 0 Å². The highest BCUT2D eigenvalue weighted by molar-refractivity contribution is 7.90. The van der Waals surface area contributed by atoms with Gasteiger partial charge in [0.2, 0.25) is 0 Å². The molecule has 2 aromatic carbocycles. The van der Waals surface area contributed by atoms with Crippen LogP contribution in [0, 0.1) is 6.07 Å². The first-order valence-electron chi connectivity index (χ1n) is 8.18. The van der Waals surface area contributed by atoms with Gasteiger partial charge in [-0.05, 0) is 42.0 Å². The molecule has 27 heavy (non-hydrogen) atoms. The molecular weight excluding hydrogens is 362 g/mol. The maximum atomic E-state index is 11.7. The normalized spacial score (nSPS) is 11.6. The van der Waals surface area contributed by atoms with Crippen molar-refractivity contribution < 1.29 is 13.2 Å². The lowest BCUT2D eigenvalue weighted by molar-refractivity contribution is 0.416. The average Bonchev–Trinajstić information content (AvgIpc) is 3.11. The standard InChI is InChI=1S/C20H16N3O3S/c1-26-18-8-4-3-6-17(18)19-21-20-16(7-5-13-23(20)22-19)14-9-11-15(12-10-14)27(2,24)25/h3-5,7-13H,1-2H3. The topological polar surface area (TPSA) is 73.6 Å². The molecule has 0 bridgehead atoms. The summed E-state index contributed by atoms with van der Waals surface area (Å²) in [5.41, 5.74) is 3.06. The Balaban J connectivity index is 1.85. The SMILES string of the molecule is COc1ccc[c]c1-c1nc2c(-c3ccc(S(C)(=O)=O)cc3)cccn2n1. The fourth-order valence-electron chi connectivity index (χ4n) is 2.89. The lowest BCUT2D eigenvalue weighted by atomic mass is 10.1. The molecule has 0 unspecified atom stereocenters. The summed E-state index contributed by atoms with van der Waals surface area (Å²) in [5.74, 6) is 1.15. The minimum atomic E-state index is -3.24. The molecule has 0 saturated heterocycles. The quantitative estimate of drug-likeness (QED) is 0.545. The van der Waals surface area contributed by atoms with E-state index in [4.69, 9.17) is 4.74 Å². The molecule has 0 aliphatic carbocycles. The molecule has 0 aliphatic rings. The molecular formula is C20H16N3O3S. The number of rotatable bonds is 4. The van der Waals surface area contributed by atoms with Crippen molar-refractivity contribution in [2.75, 3.05) is 13.4 Å². The molecule has 4 aromatic rings. The molecule has 0 saturated carbocycles. The summed E-state index contributed by atoms with van der Waals surface area (Å²) < 4.78 is 30.4. The van der Waals surface area contributed by atoms with Crippen LogP contribution >= 0.6 is 0 Å². The van der Waals surface area contributed by atoms with Gasteiger partial charge in [0, 0.05) is 18.0 Å². The molecule has 0 amide bonds. The van der Waals surface area contributed by atoms with Crippen molar-refractivity contribution in [3.8, 4) is 28.3 Å². The summed E-state index contributed by atoms with van der Waals surface area (Å²) in [5, 5.41) is 4.53. The van der Waals surface area contributed by atoms with E-state index in [0.717, 1.165) is 11.1 Å². The van der Waals surface area contributed by atoms with Gasteiger partial charge in [0.15, 0.2) is 21.3 Å². The van der Waals surface area contributed by atoms with Crippen LogP contribution in [0.1, 0.15) is 0 Å². The number of pyridine rings is 1. The van der Waals surface area contributed by atoms with Crippen molar-refractivity contribution in [2.45, 2.75) is 4.90 Å². The number of hydrogen-bond acceptors (Lipinski definition) is 5. The Hall–Kier alpha value is -3.19. The second-order valence-electron chi connectivity index (χ2n) is 6.04. The Morgan fingerprint density at radius 1 is 1.07 bits per heavy atom. The van der Waals surface area contributed by atoms with Crippen molar-refractivity contribution in [1.29, 1.82) is 0 Å². The van der Waals surface area contributed by atoms with Crippen molar-refractivity contribution in [2.24, 2.45) is 0 Å². The van der Waals surface area contributed by atoms with Crippen LogP contribution in [-0.4, -0.2) is 36.4 Å². The predicted molar refractivity (Wildman–Crippen MR) is 102 cm³/mol. The molecule has 0 N–H and O–H groups in total. The average molecular weight is 378 g/mol. The summed E-state index contributed by atoms with van der Waals surface area (Å²) in [6.07, 6.45) is 3.01. The van der Waals surface area contributed by atoms with Gasteiger partial charge >= 0.3 is 0 Å². The highest BCUT2D eigenvalue weighted by Gasteiger charge is 2.15. The maximum absolute atomic E-state index is 11.7. The molecule has 1 radical (unpaired) electrons. The van der Waals surface area contributed by atoms with Crippen molar-refractivity contribution >= 4 is 15.5 Å². The first kappa shape index (κ1) is 17.2. The van der Waals surface area contributed by atoms with Gasteiger partial charge in [0.25, 0.3) is 0 Å². The van der Waals surface area contributed by atoms with Gasteiger partial charge in [-0.1, -0.05) is 24.3 Å². The number of benzene rings is 2. The number of methoxy groups -OCH3 is 1. The number of aromatic nitrogens is 3. The lowest BCUT2D eigenvalue weighted by Crippen LogP contribution is -1.96. The van der Waals surface area contributed by atoms with E-state index in [1.165, 1.54) is 6.26 Å². The Labute approximate surface area is 157 Å². The summed E-state index contributed by atoms with van der Waals surface area (Å²) in [6, 6.07) is 19.1. The van der Waals surface area contributed by atoms with Crippen molar-refractivity contribution in [1.82, 2.24) is 14.6 Å². The van der Waals surface area contributed by atoms with Gasteiger partial charge in [-0.2, -0.15) is 0 Å². The number of sulfone groups is 1. The maximum Gasteiger partial charge on any atom is 0.186 e. The predicted octanol–water partition coefficient (Wildman–Crippen LogP) is 3.28. The highest BCUT2D eigenvalue weighted by Crippen LogP contribution is 2.30. The van der Waals surface area contributed by atoms with Crippen LogP contribution in [0.3, 0.4) is 0 Å². The van der Waals surface area contributed by atoms with Crippen LogP contribution in [0.2, 0.25) is 0 Å². The van der Waals surface area contributed by atoms with E-state index < -0.39 is 9.84 Å². The largest absolute Gasteiger partial charge is 0.496 e. The van der Waals surface area contributed by atoms with Gasteiger partial charge in [0.1, 0.15) is 5.75 Å². The lowest BCUT2D eigenvalue weighted by Gasteiger charge is -2.04. The number of hydrogen-bond donors (Lipinski definition) is 0. The fraction of sp³-hybridized carbons (Fsp3) is 0.100. The monoisotopic (exact) mass is 378 g/mol. The summed E-state index contributed by atoms with van der Waals surface area (Å²) in [7, 11) is -1.64. The minimum absolute atomic E-state index is 0.281. The number of ether oxygens (including phenoxy) is 1. The third-order valence-corrected chi connectivity index (χ3v) is 5.35. The zero-order chi connectivity index (χ0) is 19.0. The van der Waals surface area contributed by atoms with Crippen molar-refractivity contribution in [3.05, 3.63) is 66.9 Å².